The lowest BCUT2D eigenvalue weighted by Gasteiger charge is -2.41. The summed E-state index contributed by atoms with van der Waals surface area (Å²) in [7, 11) is 3.06. The molecule has 0 amide bonds. The van der Waals surface area contributed by atoms with Gasteiger partial charge in [-0.2, -0.15) is 0 Å². The summed E-state index contributed by atoms with van der Waals surface area (Å²) in [5.41, 5.74) is 1.94. The summed E-state index contributed by atoms with van der Waals surface area (Å²) < 4.78 is 15.3. The molecule has 0 spiro atoms. The van der Waals surface area contributed by atoms with Crippen LogP contribution in [0, 0.1) is 6.92 Å². The number of aryl methyl sites for hydroxylation is 1. The molecule has 1 aromatic rings. The van der Waals surface area contributed by atoms with Crippen LogP contribution in [0.25, 0.3) is 0 Å². The SMILES string of the molecule is COC(=O)CC1(c2ccc(OC)c(C)c2)COC1. The molecule has 0 radical (unpaired) electrons. The second kappa shape index (κ2) is 4.98. The molecule has 0 bridgehead atoms. The molecule has 0 atom stereocenters. The molecule has 0 aliphatic carbocycles. The molecular weight excluding hydrogens is 232 g/mol. The van der Waals surface area contributed by atoms with Crippen LogP contribution in [-0.4, -0.2) is 33.4 Å². The molecule has 0 saturated carbocycles. The zero-order valence-corrected chi connectivity index (χ0v) is 11.0. The fourth-order valence-corrected chi connectivity index (χ4v) is 2.28. The highest BCUT2D eigenvalue weighted by atomic mass is 16.5. The van der Waals surface area contributed by atoms with Gasteiger partial charge in [0.1, 0.15) is 5.75 Å². The van der Waals surface area contributed by atoms with Crippen molar-refractivity contribution in [3.05, 3.63) is 29.3 Å². The van der Waals surface area contributed by atoms with Crippen LogP contribution in [0.15, 0.2) is 18.2 Å². The maximum atomic E-state index is 11.5. The van der Waals surface area contributed by atoms with E-state index in [0.717, 1.165) is 16.9 Å². The number of esters is 1. The topological polar surface area (TPSA) is 44.8 Å². The first-order valence-corrected chi connectivity index (χ1v) is 5.91. The third-order valence-electron chi connectivity index (χ3n) is 3.47. The van der Waals surface area contributed by atoms with E-state index >= 15 is 0 Å². The van der Waals surface area contributed by atoms with Crippen LogP contribution >= 0.6 is 0 Å². The van der Waals surface area contributed by atoms with E-state index in [1.54, 1.807) is 7.11 Å². The Morgan fingerprint density at radius 1 is 1.39 bits per heavy atom. The first-order chi connectivity index (χ1) is 8.61. The van der Waals surface area contributed by atoms with Crippen molar-refractivity contribution >= 4 is 5.97 Å². The average Bonchev–Trinajstić information content (AvgIpc) is 2.33. The van der Waals surface area contributed by atoms with E-state index in [1.807, 2.05) is 19.1 Å². The molecule has 1 aliphatic rings. The monoisotopic (exact) mass is 250 g/mol. The first-order valence-electron chi connectivity index (χ1n) is 5.91. The number of carbonyl (C=O) groups excluding carboxylic acids is 1. The minimum absolute atomic E-state index is 0.202. The van der Waals surface area contributed by atoms with Gasteiger partial charge < -0.3 is 14.2 Å². The second-order valence-corrected chi connectivity index (χ2v) is 4.71. The van der Waals surface area contributed by atoms with Crippen molar-refractivity contribution in [1.82, 2.24) is 0 Å². The molecule has 1 saturated heterocycles. The Kier molecular flexibility index (Phi) is 3.57. The molecule has 2 rings (SSSR count). The van der Waals surface area contributed by atoms with Crippen molar-refractivity contribution in [1.29, 1.82) is 0 Å². The predicted molar refractivity (Wildman–Crippen MR) is 66.9 cm³/mol. The Balaban J connectivity index is 2.27. The van der Waals surface area contributed by atoms with Crippen molar-refractivity contribution < 1.29 is 19.0 Å². The number of hydrogen-bond acceptors (Lipinski definition) is 4. The molecule has 18 heavy (non-hydrogen) atoms. The molecule has 98 valence electrons. The Labute approximate surface area is 107 Å². The Hall–Kier alpha value is -1.55. The van der Waals surface area contributed by atoms with Crippen LogP contribution in [0.3, 0.4) is 0 Å². The summed E-state index contributed by atoms with van der Waals surface area (Å²) in [6.45, 7) is 3.12. The van der Waals surface area contributed by atoms with Gasteiger partial charge in [-0.15, -0.1) is 0 Å². The second-order valence-electron chi connectivity index (χ2n) is 4.71. The van der Waals surface area contributed by atoms with Crippen LogP contribution < -0.4 is 4.74 Å². The summed E-state index contributed by atoms with van der Waals surface area (Å²) in [4.78, 5) is 11.5. The van der Waals surface area contributed by atoms with Gasteiger partial charge in [-0.3, -0.25) is 4.79 Å². The van der Waals surface area contributed by atoms with Gasteiger partial charge in [0.2, 0.25) is 0 Å². The Morgan fingerprint density at radius 3 is 2.56 bits per heavy atom. The highest BCUT2D eigenvalue weighted by Crippen LogP contribution is 2.37. The van der Waals surface area contributed by atoms with Gasteiger partial charge in [0.15, 0.2) is 0 Å². The minimum atomic E-state index is -0.232. The number of methoxy groups -OCH3 is 2. The number of ether oxygens (including phenoxy) is 3. The summed E-state index contributed by atoms with van der Waals surface area (Å²) >= 11 is 0. The molecule has 0 aromatic heterocycles. The van der Waals surface area contributed by atoms with Crippen LogP contribution in [0.1, 0.15) is 17.5 Å². The molecule has 1 aromatic carbocycles. The fourth-order valence-electron chi connectivity index (χ4n) is 2.28. The number of benzene rings is 1. The molecular formula is C14H18O4. The van der Waals surface area contributed by atoms with E-state index in [1.165, 1.54) is 7.11 Å². The maximum absolute atomic E-state index is 11.5. The van der Waals surface area contributed by atoms with Gasteiger partial charge in [0, 0.05) is 0 Å². The number of hydrogen-bond donors (Lipinski definition) is 0. The third-order valence-corrected chi connectivity index (χ3v) is 3.47. The van der Waals surface area contributed by atoms with Gasteiger partial charge >= 0.3 is 5.97 Å². The first kappa shape index (κ1) is 12.9. The van der Waals surface area contributed by atoms with Crippen LogP contribution in [0.5, 0.6) is 5.75 Å². The molecule has 0 N–H and O–H groups in total. The normalized spacial score (nSPS) is 16.8. The summed E-state index contributed by atoms with van der Waals surface area (Å²) in [6.07, 6.45) is 0.356. The van der Waals surface area contributed by atoms with Crippen molar-refractivity contribution in [3.8, 4) is 5.75 Å². The molecule has 1 aliphatic heterocycles. The molecule has 1 heterocycles. The average molecular weight is 250 g/mol. The summed E-state index contributed by atoms with van der Waals surface area (Å²) in [5.74, 6) is 0.652. The van der Waals surface area contributed by atoms with E-state index in [0.29, 0.717) is 19.6 Å². The molecule has 1 fully saturated rings. The maximum Gasteiger partial charge on any atom is 0.306 e. The smallest absolute Gasteiger partial charge is 0.306 e. The van der Waals surface area contributed by atoms with E-state index in [2.05, 4.69) is 6.07 Å². The highest BCUT2D eigenvalue weighted by molar-refractivity contribution is 5.71. The summed E-state index contributed by atoms with van der Waals surface area (Å²) in [6, 6.07) is 5.99. The standard InChI is InChI=1S/C14H18O4/c1-10-6-11(4-5-12(10)16-2)14(8-18-9-14)7-13(15)17-3/h4-6H,7-9H2,1-3H3. The number of rotatable bonds is 4. The van der Waals surface area contributed by atoms with Gasteiger partial charge in [-0.05, 0) is 24.1 Å². The van der Waals surface area contributed by atoms with Crippen LogP contribution in [0.2, 0.25) is 0 Å². The third kappa shape index (κ3) is 2.20. The lowest BCUT2D eigenvalue weighted by atomic mass is 9.75. The van der Waals surface area contributed by atoms with E-state index in [4.69, 9.17) is 14.2 Å². The lowest BCUT2D eigenvalue weighted by molar-refractivity contribution is -0.148. The van der Waals surface area contributed by atoms with Crippen LogP contribution in [0.4, 0.5) is 0 Å². The minimum Gasteiger partial charge on any atom is -0.496 e. The fraction of sp³-hybridized carbons (Fsp3) is 0.500. The quantitative estimate of drug-likeness (QED) is 0.765. The van der Waals surface area contributed by atoms with Crippen molar-refractivity contribution in [2.24, 2.45) is 0 Å². The van der Waals surface area contributed by atoms with Gasteiger partial charge in [-0.1, -0.05) is 12.1 Å². The Morgan fingerprint density at radius 2 is 2.11 bits per heavy atom. The van der Waals surface area contributed by atoms with Gasteiger partial charge in [0.05, 0.1) is 39.3 Å². The zero-order chi connectivity index (χ0) is 13.2. The van der Waals surface area contributed by atoms with E-state index in [-0.39, 0.29) is 11.4 Å². The predicted octanol–water partition coefficient (Wildman–Crippen LogP) is 1.83. The summed E-state index contributed by atoms with van der Waals surface area (Å²) in [5, 5.41) is 0. The Bertz CT molecular complexity index is 449. The lowest BCUT2D eigenvalue weighted by Crippen LogP contribution is -2.48. The van der Waals surface area contributed by atoms with Crippen molar-refractivity contribution in [2.45, 2.75) is 18.8 Å². The van der Waals surface area contributed by atoms with Gasteiger partial charge in [0.25, 0.3) is 0 Å². The highest BCUT2D eigenvalue weighted by Gasteiger charge is 2.42. The molecule has 4 heteroatoms. The largest absolute Gasteiger partial charge is 0.496 e. The molecule has 0 unspecified atom stereocenters. The van der Waals surface area contributed by atoms with Crippen molar-refractivity contribution in [3.63, 3.8) is 0 Å². The van der Waals surface area contributed by atoms with Crippen molar-refractivity contribution in [2.75, 3.05) is 27.4 Å². The zero-order valence-electron chi connectivity index (χ0n) is 11.0. The van der Waals surface area contributed by atoms with Crippen LogP contribution in [-0.2, 0) is 19.7 Å². The van der Waals surface area contributed by atoms with E-state index < -0.39 is 0 Å². The molecule has 4 nitrogen and oxygen atoms in total. The number of carbonyl (C=O) groups is 1. The van der Waals surface area contributed by atoms with E-state index in [9.17, 15) is 4.79 Å². The van der Waals surface area contributed by atoms with Gasteiger partial charge in [-0.25, -0.2) is 0 Å².